The molecule has 3 atom stereocenters. The highest BCUT2D eigenvalue weighted by molar-refractivity contribution is 9.10. The Kier molecular flexibility index (Phi) is 7.35. The standard InChI is InChI=1S/C21H25BrN4O3/c1-13(27)12-24-21-18(8-9-19(28)29-2)25-20(17-5-3-4-10-23-17)15-11-14(22)6-7-16(15)26-21/h3-7,10-11,13,18,21,24,26-27H,8-9,12H2,1-2H3/t13?,18-,21?/m1/s1. The average molecular weight is 461 g/mol. The number of hydrogen-bond acceptors (Lipinski definition) is 7. The largest absolute Gasteiger partial charge is 0.469 e. The fourth-order valence-corrected chi connectivity index (χ4v) is 3.56. The molecule has 0 saturated carbocycles. The van der Waals surface area contributed by atoms with E-state index in [0.29, 0.717) is 13.0 Å². The first-order chi connectivity index (χ1) is 14.0. The number of esters is 1. The summed E-state index contributed by atoms with van der Waals surface area (Å²) in [6.07, 6.45) is 1.69. The summed E-state index contributed by atoms with van der Waals surface area (Å²) in [4.78, 5) is 21.3. The van der Waals surface area contributed by atoms with Crippen molar-refractivity contribution in [2.45, 2.75) is 38.1 Å². The van der Waals surface area contributed by atoms with Crippen molar-refractivity contribution >= 4 is 33.3 Å². The van der Waals surface area contributed by atoms with Gasteiger partial charge in [-0.2, -0.15) is 0 Å². The number of carbonyl (C=O) groups excluding carboxylic acids is 1. The van der Waals surface area contributed by atoms with Gasteiger partial charge in [0.15, 0.2) is 0 Å². The monoisotopic (exact) mass is 460 g/mol. The Balaban J connectivity index is 2.04. The first kappa shape index (κ1) is 21.4. The fraction of sp³-hybridized carbons (Fsp3) is 0.381. The molecule has 3 N–H and O–H groups in total. The Morgan fingerprint density at radius 1 is 1.38 bits per heavy atom. The first-order valence-corrected chi connectivity index (χ1v) is 10.3. The molecular formula is C21H25BrN4O3. The molecule has 0 bridgehead atoms. The number of ether oxygens (including phenoxy) is 1. The number of aliphatic hydroxyl groups is 1. The predicted molar refractivity (Wildman–Crippen MR) is 116 cm³/mol. The molecule has 0 amide bonds. The molecular weight excluding hydrogens is 436 g/mol. The van der Waals surface area contributed by atoms with Crippen molar-refractivity contribution in [3.63, 3.8) is 0 Å². The lowest BCUT2D eigenvalue weighted by molar-refractivity contribution is -0.140. The third-order valence-electron chi connectivity index (χ3n) is 4.64. The number of hydrogen-bond donors (Lipinski definition) is 3. The summed E-state index contributed by atoms with van der Waals surface area (Å²) in [6.45, 7) is 2.12. The molecule has 2 aromatic rings. The second-order valence-corrected chi connectivity index (χ2v) is 7.86. The van der Waals surface area contributed by atoms with Gasteiger partial charge in [0.1, 0.15) is 0 Å². The summed E-state index contributed by atoms with van der Waals surface area (Å²) >= 11 is 3.54. The van der Waals surface area contributed by atoms with Gasteiger partial charge in [-0.25, -0.2) is 0 Å². The summed E-state index contributed by atoms with van der Waals surface area (Å²) < 4.78 is 5.74. The van der Waals surface area contributed by atoms with E-state index in [0.717, 1.165) is 27.1 Å². The van der Waals surface area contributed by atoms with E-state index in [9.17, 15) is 9.90 Å². The number of methoxy groups -OCH3 is 1. The fourth-order valence-electron chi connectivity index (χ4n) is 3.20. The summed E-state index contributed by atoms with van der Waals surface area (Å²) in [5.41, 5.74) is 3.34. The normalized spacial score (nSPS) is 19.4. The van der Waals surface area contributed by atoms with Crippen molar-refractivity contribution in [3.05, 3.63) is 58.3 Å². The highest BCUT2D eigenvalue weighted by Gasteiger charge is 2.28. The van der Waals surface area contributed by atoms with Gasteiger partial charge in [-0.05, 0) is 43.7 Å². The molecule has 0 fully saturated rings. The molecule has 0 saturated heterocycles. The second-order valence-electron chi connectivity index (χ2n) is 6.94. The summed E-state index contributed by atoms with van der Waals surface area (Å²) in [5.74, 6) is -0.279. The minimum absolute atomic E-state index is 0.245. The van der Waals surface area contributed by atoms with E-state index in [1.165, 1.54) is 7.11 Å². The van der Waals surface area contributed by atoms with Gasteiger partial charge in [0.2, 0.25) is 0 Å². The van der Waals surface area contributed by atoms with Gasteiger partial charge in [0.25, 0.3) is 0 Å². The average Bonchev–Trinajstić information content (AvgIpc) is 2.87. The third kappa shape index (κ3) is 5.62. The highest BCUT2D eigenvalue weighted by Crippen LogP contribution is 2.29. The van der Waals surface area contributed by atoms with E-state index in [1.807, 2.05) is 36.4 Å². The van der Waals surface area contributed by atoms with E-state index < -0.39 is 6.10 Å². The third-order valence-corrected chi connectivity index (χ3v) is 5.13. The molecule has 154 valence electrons. The zero-order valence-electron chi connectivity index (χ0n) is 16.4. The van der Waals surface area contributed by atoms with Crippen LogP contribution in [0.15, 0.2) is 52.1 Å². The second kappa shape index (κ2) is 9.96. The number of aromatic nitrogens is 1. The number of carbonyl (C=O) groups is 1. The zero-order valence-corrected chi connectivity index (χ0v) is 18.0. The van der Waals surface area contributed by atoms with Crippen LogP contribution in [0, 0.1) is 0 Å². The maximum absolute atomic E-state index is 11.8. The quantitative estimate of drug-likeness (QED) is 0.549. The lowest BCUT2D eigenvalue weighted by atomic mass is 10.0. The Hall–Kier alpha value is -2.29. The molecule has 1 aliphatic rings. The Morgan fingerprint density at radius 2 is 2.21 bits per heavy atom. The van der Waals surface area contributed by atoms with Crippen LogP contribution < -0.4 is 10.6 Å². The summed E-state index contributed by atoms with van der Waals surface area (Å²) in [6, 6.07) is 11.4. The van der Waals surface area contributed by atoms with Crippen LogP contribution in [0.2, 0.25) is 0 Å². The van der Waals surface area contributed by atoms with Crippen molar-refractivity contribution in [2.24, 2.45) is 4.99 Å². The van der Waals surface area contributed by atoms with Crippen LogP contribution in [0.3, 0.4) is 0 Å². The number of benzene rings is 1. The Morgan fingerprint density at radius 3 is 2.90 bits per heavy atom. The number of anilines is 1. The van der Waals surface area contributed by atoms with Crippen LogP contribution in [0.4, 0.5) is 5.69 Å². The van der Waals surface area contributed by atoms with Crippen molar-refractivity contribution < 1.29 is 14.6 Å². The number of aliphatic hydroxyl groups excluding tert-OH is 1. The SMILES string of the molecule is COC(=O)CC[C@H]1N=C(c2ccccn2)c2cc(Br)ccc2NC1NCC(C)O. The number of rotatable bonds is 7. The summed E-state index contributed by atoms with van der Waals surface area (Å²) in [7, 11) is 1.38. The topological polar surface area (TPSA) is 95.8 Å². The Bertz CT molecular complexity index is 873. The zero-order chi connectivity index (χ0) is 20.8. The number of pyridine rings is 1. The maximum atomic E-state index is 11.8. The van der Waals surface area contributed by atoms with Crippen LogP contribution in [0.1, 0.15) is 31.0 Å². The van der Waals surface area contributed by atoms with Gasteiger partial charge < -0.3 is 15.2 Å². The van der Waals surface area contributed by atoms with Crippen LogP contribution in [-0.4, -0.2) is 53.7 Å². The van der Waals surface area contributed by atoms with Gasteiger partial charge in [-0.15, -0.1) is 0 Å². The van der Waals surface area contributed by atoms with E-state index in [1.54, 1.807) is 13.1 Å². The molecule has 1 aromatic carbocycles. The van der Waals surface area contributed by atoms with Crippen LogP contribution in [0.25, 0.3) is 0 Å². The molecule has 29 heavy (non-hydrogen) atoms. The van der Waals surface area contributed by atoms with Crippen molar-refractivity contribution in [3.8, 4) is 0 Å². The molecule has 1 aliphatic heterocycles. The molecule has 2 heterocycles. The molecule has 8 heteroatoms. The summed E-state index contributed by atoms with van der Waals surface area (Å²) in [5, 5.41) is 16.6. The molecule has 2 unspecified atom stereocenters. The molecule has 1 aromatic heterocycles. The van der Waals surface area contributed by atoms with Crippen molar-refractivity contribution in [1.29, 1.82) is 0 Å². The molecule has 0 radical (unpaired) electrons. The van der Waals surface area contributed by atoms with Gasteiger partial charge in [0.05, 0.1) is 36.8 Å². The van der Waals surface area contributed by atoms with Gasteiger partial charge >= 0.3 is 5.97 Å². The van der Waals surface area contributed by atoms with E-state index in [-0.39, 0.29) is 24.6 Å². The number of fused-ring (bicyclic) bond motifs is 1. The number of nitrogens with zero attached hydrogens (tertiary/aromatic N) is 2. The minimum atomic E-state index is -0.509. The Labute approximate surface area is 178 Å². The highest BCUT2D eigenvalue weighted by atomic mass is 79.9. The smallest absolute Gasteiger partial charge is 0.305 e. The van der Waals surface area contributed by atoms with E-state index >= 15 is 0 Å². The van der Waals surface area contributed by atoms with Crippen LogP contribution in [-0.2, 0) is 9.53 Å². The predicted octanol–water partition coefficient (Wildman–Crippen LogP) is 2.73. The molecule has 7 nitrogen and oxygen atoms in total. The van der Waals surface area contributed by atoms with Crippen molar-refractivity contribution in [2.75, 3.05) is 19.0 Å². The number of nitrogens with one attached hydrogen (secondary N) is 2. The molecule has 0 aliphatic carbocycles. The van der Waals surface area contributed by atoms with Gasteiger partial charge in [-0.3, -0.25) is 20.1 Å². The van der Waals surface area contributed by atoms with Gasteiger partial charge in [-0.1, -0.05) is 22.0 Å². The first-order valence-electron chi connectivity index (χ1n) is 9.52. The van der Waals surface area contributed by atoms with Crippen LogP contribution in [0.5, 0.6) is 0 Å². The van der Waals surface area contributed by atoms with Gasteiger partial charge in [0, 0.05) is 34.9 Å². The van der Waals surface area contributed by atoms with Crippen molar-refractivity contribution in [1.82, 2.24) is 10.3 Å². The van der Waals surface area contributed by atoms with Crippen LogP contribution >= 0.6 is 15.9 Å². The maximum Gasteiger partial charge on any atom is 0.305 e. The molecule has 0 spiro atoms. The number of benzodiazepines with no additional fused rings is 1. The van der Waals surface area contributed by atoms with E-state index in [4.69, 9.17) is 9.73 Å². The van der Waals surface area contributed by atoms with E-state index in [2.05, 4.69) is 31.5 Å². The number of aliphatic imine (C=N–C) groups is 1. The minimum Gasteiger partial charge on any atom is -0.469 e. The number of halogens is 1. The lowest BCUT2D eigenvalue weighted by Gasteiger charge is -2.26. The lowest BCUT2D eigenvalue weighted by Crippen LogP contribution is -2.47. The molecule has 3 rings (SSSR count).